The number of carbonyl (C=O) groups is 1. The van der Waals surface area contributed by atoms with Gasteiger partial charge in [0.25, 0.3) is 0 Å². The third-order valence-corrected chi connectivity index (χ3v) is 4.32. The van der Waals surface area contributed by atoms with E-state index >= 15 is 0 Å². The Bertz CT molecular complexity index is 623. The first kappa shape index (κ1) is 20.2. The molecule has 0 aliphatic rings. The van der Waals surface area contributed by atoms with Crippen LogP contribution in [0.1, 0.15) is 63.6 Å². The van der Waals surface area contributed by atoms with Gasteiger partial charge in [-0.3, -0.25) is 4.79 Å². The standard InChI is InChI=1S/C20H30O4/c1-13(2)8-7-10-20(6,23)11-9-17-12-18(24-16(5)21)14(3)15(4)19(17)22/h8,12,22-23H,7,9-11H2,1-6H3/t20-/m1/s1. The first-order valence-electron chi connectivity index (χ1n) is 8.39. The summed E-state index contributed by atoms with van der Waals surface area (Å²) in [4.78, 5) is 11.2. The second-order valence-corrected chi connectivity index (χ2v) is 7.04. The molecule has 0 aliphatic heterocycles. The van der Waals surface area contributed by atoms with Crippen LogP contribution in [0.25, 0.3) is 0 Å². The zero-order valence-corrected chi connectivity index (χ0v) is 15.7. The lowest BCUT2D eigenvalue weighted by molar-refractivity contribution is -0.131. The van der Waals surface area contributed by atoms with Gasteiger partial charge in [-0.1, -0.05) is 11.6 Å². The predicted molar refractivity (Wildman–Crippen MR) is 96.5 cm³/mol. The topological polar surface area (TPSA) is 66.8 Å². The number of aromatic hydroxyl groups is 1. The van der Waals surface area contributed by atoms with Crippen LogP contribution in [-0.2, 0) is 11.2 Å². The van der Waals surface area contributed by atoms with Crippen LogP contribution in [0.4, 0.5) is 0 Å². The summed E-state index contributed by atoms with van der Waals surface area (Å²) >= 11 is 0. The van der Waals surface area contributed by atoms with Crippen molar-refractivity contribution in [3.63, 3.8) is 0 Å². The molecule has 1 aromatic carbocycles. The summed E-state index contributed by atoms with van der Waals surface area (Å²) in [5.74, 6) is 0.295. The maximum atomic E-state index is 11.2. The van der Waals surface area contributed by atoms with E-state index in [0.717, 1.165) is 12.0 Å². The summed E-state index contributed by atoms with van der Waals surface area (Å²) in [5, 5.41) is 20.9. The summed E-state index contributed by atoms with van der Waals surface area (Å²) in [6, 6.07) is 1.70. The van der Waals surface area contributed by atoms with Crippen LogP contribution in [-0.4, -0.2) is 21.8 Å². The number of rotatable bonds is 7. The Morgan fingerprint density at radius 1 is 1.21 bits per heavy atom. The van der Waals surface area contributed by atoms with Crippen molar-refractivity contribution >= 4 is 5.97 Å². The molecule has 4 heteroatoms. The molecular weight excluding hydrogens is 304 g/mol. The van der Waals surface area contributed by atoms with E-state index in [1.165, 1.54) is 12.5 Å². The number of benzene rings is 1. The minimum Gasteiger partial charge on any atom is -0.507 e. The van der Waals surface area contributed by atoms with E-state index in [0.29, 0.717) is 36.1 Å². The molecule has 0 heterocycles. The minimum absolute atomic E-state index is 0.212. The number of aryl methyl sites for hydroxylation is 1. The smallest absolute Gasteiger partial charge is 0.308 e. The summed E-state index contributed by atoms with van der Waals surface area (Å²) < 4.78 is 5.22. The summed E-state index contributed by atoms with van der Waals surface area (Å²) in [6.07, 6.45) is 4.65. The highest BCUT2D eigenvalue weighted by molar-refractivity contribution is 5.70. The normalized spacial score (nSPS) is 13.3. The van der Waals surface area contributed by atoms with Crippen molar-refractivity contribution in [3.8, 4) is 11.5 Å². The van der Waals surface area contributed by atoms with Crippen molar-refractivity contribution in [1.29, 1.82) is 0 Å². The molecule has 2 N–H and O–H groups in total. The predicted octanol–water partition coefficient (Wildman–Crippen LogP) is 4.36. The summed E-state index contributed by atoms with van der Waals surface area (Å²) in [5.41, 5.74) is 2.58. The van der Waals surface area contributed by atoms with Crippen LogP contribution in [0.5, 0.6) is 11.5 Å². The molecule has 0 saturated carbocycles. The number of esters is 1. The second-order valence-electron chi connectivity index (χ2n) is 7.04. The lowest BCUT2D eigenvalue weighted by Gasteiger charge is -2.23. The zero-order chi connectivity index (χ0) is 18.5. The molecule has 0 aromatic heterocycles. The van der Waals surface area contributed by atoms with Gasteiger partial charge in [-0.05, 0) is 83.1 Å². The van der Waals surface area contributed by atoms with E-state index in [4.69, 9.17) is 4.74 Å². The fourth-order valence-corrected chi connectivity index (χ4v) is 2.59. The first-order valence-corrected chi connectivity index (χ1v) is 8.39. The van der Waals surface area contributed by atoms with Crippen molar-refractivity contribution < 1.29 is 19.7 Å². The Morgan fingerprint density at radius 2 is 1.83 bits per heavy atom. The Balaban J connectivity index is 2.88. The van der Waals surface area contributed by atoms with Gasteiger partial charge in [0.1, 0.15) is 11.5 Å². The van der Waals surface area contributed by atoms with Gasteiger partial charge in [-0.15, -0.1) is 0 Å². The molecule has 0 bridgehead atoms. The number of ether oxygens (including phenoxy) is 1. The fourth-order valence-electron chi connectivity index (χ4n) is 2.59. The van der Waals surface area contributed by atoms with Gasteiger partial charge in [0, 0.05) is 6.92 Å². The highest BCUT2D eigenvalue weighted by atomic mass is 16.5. The molecule has 0 spiro atoms. The van der Waals surface area contributed by atoms with E-state index in [1.54, 1.807) is 13.0 Å². The molecule has 24 heavy (non-hydrogen) atoms. The van der Waals surface area contributed by atoms with Crippen molar-refractivity contribution in [3.05, 3.63) is 34.4 Å². The second kappa shape index (κ2) is 8.34. The maximum absolute atomic E-state index is 11.2. The van der Waals surface area contributed by atoms with Gasteiger partial charge in [-0.2, -0.15) is 0 Å². The number of hydrogen-bond acceptors (Lipinski definition) is 4. The van der Waals surface area contributed by atoms with E-state index in [-0.39, 0.29) is 11.7 Å². The molecule has 0 saturated heterocycles. The molecule has 0 unspecified atom stereocenters. The van der Waals surface area contributed by atoms with Gasteiger partial charge < -0.3 is 14.9 Å². The fraction of sp³-hybridized carbons (Fsp3) is 0.550. The van der Waals surface area contributed by atoms with Gasteiger partial charge in [0.2, 0.25) is 0 Å². The number of hydrogen-bond donors (Lipinski definition) is 2. The van der Waals surface area contributed by atoms with E-state index < -0.39 is 5.60 Å². The average molecular weight is 334 g/mol. The Kier molecular flexibility index (Phi) is 7.03. The molecular formula is C20H30O4. The quantitative estimate of drug-likeness (QED) is 0.441. The Hall–Kier alpha value is -1.81. The largest absolute Gasteiger partial charge is 0.507 e. The van der Waals surface area contributed by atoms with Gasteiger partial charge in [0.05, 0.1) is 5.60 Å². The number of phenolic OH excluding ortho intramolecular Hbond substituents is 1. The summed E-state index contributed by atoms with van der Waals surface area (Å²) in [7, 11) is 0. The molecule has 0 amide bonds. The van der Waals surface area contributed by atoms with Crippen LogP contribution in [0.2, 0.25) is 0 Å². The highest BCUT2D eigenvalue weighted by Crippen LogP contribution is 2.34. The van der Waals surface area contributed by atoms with E-state index in [1.807, 2.05) is 27.7 Å². The molecule has 1 aromatic rings. The first-order chi connectivity index (χ1) is 11.0. The number of phenols is 1. The molecule has 4 nitrogen and oxygen atoms in total. The van der Waals surface area contributed by atoms with Crippen LogP contribution in [0.15, 0.2) is 17.7 Å². The molecule has 0 radical (unpaired) electrons. The lowest BCUT2D eigenvalue weighted by Crippen LogP contribution is -2.24. The zero-order valence-electron chi connectivity index (χ0n) is 15.7. The SMILES string of the molecule is CC(=O)Oc1cc(CC[C@](C)(O)CCC=C(C)C)c(O)c(C)c1C. The maximum Gasteiger partial charge on any atom is 0.308 e. The van der Waals surface area contributed by atoms with Crippen molar-refractivity contribution in [2.24, 2.45) is 0 Å². The number of aliphatic hydroxyl groups is 1. The van der Waals surface area contributed by atoms with Crippen LogP contribution >= 0.6 is 0 Å². The van der Waals surface area contributed by atoms with Crippen LogP contribution < -0.4 is 4.74 Å². The molecule has 0 aliphatic carbocycles. The highest BCUT2D eigenvalue weighted by Gasteiger charge is 2.21. The third kappa shape index (κ3) is 6.00. The number of allylic oxidation sites excluding steroid dienone is 2. The summed E-state index contributed by atoms with van der Waals surface area (Å²) in [6.45, 7) is 10.9. The molecule has 0 fully saturated rings. The van der Waals surface area contributed by atoms with Gasteiger partial charge in [-0.25, -0.2) is 0 Å². The Morgan fingerprint density at radius 3 is 2.38 bits per heavy atom. The lowest BCUT2D eigenvalue weighted by atomic mass is 9.90. The molecule has 134 valence electrons. The molecule has 1 atom stereocenters. The van der Waals surface area contributed by atoms with Crippen molar-refractivity contribution in [2.75, 3.05) is 0 Å². The number of carbonyl (C=O) groups excluding carboxylic acids is 1. The van der Waals surface area contributed by atoms with Crippen molar-refractivity contribution in [2.45, 2.75) is 72.8 Å². The Labute approximate surface area is 145 Å². The van der Waals surface area contributed by atoms with E-state index in [2.05, 4.69) is 6.08 Å². The van der Waals surface area contributed by atoms with Crippen LogP contribution in [0, 0.1) is 13.8 Å². The van der Waals surface area contributed by atoms with Crippen LogP contribution in [0.3, 0.4) is 0 Å². The van der Waals surface area contributed by atoms with E-state index in [9.17, 15) is 15.0 Å². The van der Waals surface area contributed by atoms with Gasteiger partial charge in [0.15, 0.2) is 0 Å². The average Bonchev–Trinajstić information content (AvgIpc) is 2.45. The molecule has 1 rings (SSSR count). The minimum atomic E-state index is -0.807. The monoisotopic (exact) mass is 334 g/mol. The van der Waals surface area contributed by atoms with Crippen molar-refractivity contribution in [1.82, 2.24) is 0 Å². The third-order valence-electron chi connectivity index (χ3n) is 4.32. The van der Waals surface area contributed by atoms with Gasteiger partial charge >= 0.3 is 5.97 Å².